The molecule has 3 rings (SSSR count). The Kier molecular flexibility index (Phi) is 2.70. The molecule has 0 bridgehead atoms. The summed E-state index contributed by atoms with van der Waals surface area (Å²) in [4.78, 5) is 12.0. The minimum atomic E-state index is -3.00. The van der Waals surface area contributed by atoms with Crippen molar-refractivity contribution in [2.75, 3.05) is 11.5 Å². The molecule has 1 atom stereocenters. The van der Waals surface area contributed by atoms with Gasteiger partial charge in [-0.25, -0.2) is 8.42 Å². The number of sulfone groups is 1. The molecule has 0 spiro atoms. The van der Waals surface area contributed by atoms with E-state index >= 15 is 0 Å². The molecule has 1 amide bonds. The van der Waals surface area contributed by atoms with E-state index in [1.807, 2.05) is 0 Å². The van der Waals surface area contributed by atoms with Crippen LogP contribution < -0.4 is 5.32 Å². The molecule has 9 heteroatoms. The molecule has 8 nitrogen and oxygen atoms in total. The fourth-order valence-corrected chi connectivity index (χ4v) is 3.73. The van der Waals surface area contributed by atoms with Gasteiger partial charge < -0.3 is 5.32 Å². The van der Waals surface area contributed by atoms with Crippen LogP contribution in [0.15, 0.2) is 18.3 Å². The Morgan fingerprint density at radius 3 is 3.00 bits per heavy atom. The highest BCUT2D eigenvalue weighted by Crippen LogP contribution is 2.12. The SMILES string of the molecule is O=C(N[C@H]1CCS(=O)(=O)C1)c1ccc2nnnn2c1. The summed E-state index contributed by atoms with van der Waals surface area (Å²) in [5.74, 6) is -0.185. The number of nitrogens with one attached hydrogen (secondary N) is 1. The van der Waals surface area contributed by atoms with Crippen LogP contribution in [0.25, 0.3) is 5.65 Å². The van der Waals surface area contributed by atoms with Crippen molar-refractivity contribution >= 4 is 21.4 Å². The molecule has 0 unspecified atom stereocenters. The molecule has 2 aromatic heterocycles. The van der Waals surface area contributed by atoms with E-state index in [1.54, 1.807) is 12.1 Å². The van der Waals surface area contributed by atoms with Gasteiger partial charge in [0.15, 0.2) is 15.5 Å². The third-order valence-corrected chi connectivity index (χ3v) is 4.79. The number of hydrogen-bond acceptors (Lipinski definition) is 6. The van der Waals surface area contributed by atoms with E-state index in [0.29, 0.717) is 17.6 Å². The second kappa shape index (κ2) is 4.26. The molecule has 3 heterocycles. The highest BCUT2D eigenvalue weighted by Gasteiger charge is 2.29. The second-order valence-corrected chi connectivity index (χ2v) is 6.70. The lowest BCUT2D eigenvalue weighted by molar-refractivity contribution is 0.0940. The van der Waals surface area contributed by atoms with Gasteiger partial charge in [-0.1, -0.05) is 0 Å². The van der Waals surface area contributed by atoms with Crippen molar-refractivity contribution in [3.8, 4) is 0 Å². The maximum absolute atomic E-state index is 12.0. The number of rotatable bonds is 2. The number of nitrogens with zero attached hydrogens (tertiary/aromatic N) is 4. The quantitative estimate of drug-likeness (QED) is 0.760. The first-order valence-corrected chi connectivity index (χ1v) is 7.55. The van der Waals surface area contributed by atoms with Crippen LogP contribution in [-0.4, -0.2) is 51.9 Å². The first kappa shape index (κ1) is 12.0. The van der Waals surface area contributed by atoms with E-state index in [0.717, 1.165) is 0 Å². The van der Waals surface area contributed by atoms with Gasteiger partial charge in [0.2, 0.25) is 0 Å². The molecule has 1 fully saturated rings. The number of amides is 1. The average Bonchev–Trinajstić information content (AvgIpc) is 2.94. The van der Waals surface area contributed by atoms with Crippen LogP contribution in [0, 0.1) is 0 Å². The van der Waals surface area contributed by atoms with E-state index in [2.05, 4.69) is 20.8 Å². The van der Waals surface area contributed by atoms with E-state index < -0.39 is 9.84 Å². The summed E-state index contributed by atoms with van der Waals surface area (Å²) < 4.78 is 24.0. The number of tetrazole rings is 1. The predicted octanol–water partition coefficient (Wildman–Crippen LogP) is -0.959. The zero-order valence-corrected chi connectivity index (χ0v) is 10.7. The summed E-state index contributed by atoms with van der Waals surface area (Å²) in [5, 5.41) is 13.6. The molecule has 100 valence electrons. The van der Waals surface area contributed by atoms with Crippen LogP contribution in [0.3, 0.4) is 0 Å². The minimum absolute atomic E-state index is 0.00582. The molecule has 0 aliphatic carbocycles. The number of carbonyl (C=O) groups excluding carboxylic acids is 1. The summed E-state index contributed by atoms with van der Waals surface area (Å²) in [6.07, 6.45) is 1.97. The van der Waals surface area contributed by atoms with Crippen molar-refractivity contribution in [2.24, 2.45) is 0 Å². The lowest BCUT2D eigenvalue weighted by Gasteiger charge is -2.10. The Balaban J connectivity index is 1.76. The molecule has 1 aliphatic rings. The Morgan fingerprint density at radius 2 is 2.26 bits per heavy atom. The molecular formula is C10H11N5O3S. The van der Waals surface area contributed by atoms with Crippen LogP contribution >= 0.6 is 0 Å². The number of pyridine rings is 1. The van der Waals surface area contributed by atoms with Gasteiger partial charge in [0.1, 0.15) is 0 Å². The smallest absolute Gasteiger partial charge is 0.253 e. The normalized spacial score (nSPS) is 21.6. The minimum Gasteiger partial charge on any atom is -0.348 e. The molecule has 0 saturated carbocycles. The van der Waals surface area contributed by atoms with E-state index in [9.17, 15) is 13.2 Å². The van der Waals surface area contributed by atoms with Crippen LogP contribution in [0.1, 0.15) is 16.8 Å². The van der Waals surface area contributed by atoms with Crippen molar-refractivity contribution < 1.29 is 13.2 Å². The zero-order chi connectivity index (χ0) is 13.5. The van der Waals surface area contributed by atoms with Crippen molar-refractivity contribution in [1.29, 1.82) is 0 Å². The monoisotopic (exact) mass is 281 g/mol. The highest BCUT2D eigenvalue weighted by molar-refractivity contribution is 7.91. The molecule has 1 saturated heterocycles. The van der Waals surface area contributed by atoms with Gasteiger partial charge in [-0.05, 0) is 29.0 Å². The molecule has 0 radical (unpaired) electrons. The summed E-state index contributed by atoms with van der Waals surface area (Å²) in [5.41, 5.74) is 0.934. The van der Waals surface area contributed by atoms with Gasteiger partial charge in [0.05, 0.1) is 17.1 Å². The van der Waals surface area contributed by atoms with Gasteiger partial charge in [0, 0.05) is 12.2 Å². The molecule has 1 N–H and O–H groups in total. The summed E-state index contributed by atoms with van der Waals surface area (Å²) in [7, 11) is -3.00. The maximum Gasteiger partial charge on any atom is 0.253 e. The Bertz CT molecular complexity index is 738. The third kappa shape index (κ3) is 2.41. The second-order valence-electron chi connectivity index (χ2n) is 4.47. The lowest BCUT2D eigenvalue weighted by atomic mass is 10.2. The van der Waals surface area contributed by atoms with Crippen molar-refractivity contribution in [3.63, 3.8) is 0 Å². The predicted molar refractivity (Wildman–Crippen MR) is 65.3 cm³/mol. The Morgan fingerprint density at radius 1 is 1.42 bits per heavy atom. The summed E-state index contributed by atoms with van der Waals surface area (Å²) >= 11 is 0. The van der Waals surface area contributed by atoms with E-state index in [-0.39, 0.29) is 23.5 Å². The summed E-state index contributed by atoms with van der Waals surface area (Å²) in [6.45, 7) is 0. The number of aromatic nitrogens is 4. The van der Waals surface area contributed by atoms with Crippen LogP contribution in [-0.2, 0) is 9.84 Å². The topological polar surface area (TPSA) is 106 Å². The van der Waals surface area contributed by atoms with E-state index in [1.165, 1.54) is 10.7 Å². The molecular weight excluding hydrogens is 270 g/mol. The zero-order valence-electron chi connectivity index (χ0n) is 9.85. The lowest BCUT2D eigenvalue weighted by Crippen LogP contribution is -2.35. The fourth-order valence-electron chi connectivity index (χ4n) is 2.05. The summed E-state index contributed by atoms with van der Waals surface area (Å²) in [6, 6.07) is 2.91. The van der Waals surface area contributed by atoms with E-state index in [4.69, 9.17) is 0 Å². The first-order chi connectivity index (χ1) is 9.03. The average molecular weight is 281 g/mol. The van der Waals surface area contributed by atoms with Crippen LogP contribution in [0.4, 0.5) is 0 Å². The maximum atomic E-state index is 12.0. The fraction of sp³-hybridized carbons (Fsp3) is 0.400. The van der Waals surface area contributed by atoms with Crippen LogP contribution in [0.2, 0.25) is 0 Å². The van der Waals surface area contributed by atoms with Gasteiger partial charge >= 0.3 is 0 Å². The first-order valence-electron chi connectivity index (χ1n) is 5.72. The molecule has 2 aromatic rings. The van der Waals surface area contributed by atoms with Crippen molar-refractivity contribution in [1.82, 2.24) is 25.4 Å². The largest absolute Gasteiger partial charge is 0.348 e. The number of fused-ring (bicyclic) bond motifs is 1. The Labute approximate surface area is 108 Å². The molecule has 19 heavy (non-hydrogen) atoms. The van der Waals surface area contributed by atoms with Crippen LogP contribution in [0.5, 0.6) is 0 Å². The number of hydrogen-bond donors (Lipinski definition) is 1. The van der Waals surface area contributed by atoms with Gasteiger partial charge in [-0.15, -0.1) is 5.10 Å². The standard InChI is InChI=1S/C10H11N5O3S/c16-10(11-8-3-4-19(17,18)6-8)7-1-2-9-12-13-14-15(9)5-7/h1-2,5,8H,3-4,6H2,(H,11,16)/t8-/m0/s1. The molecule has 0 aromatic carbocycles. The molecule has 1 aliphatic heterocycles. The van der Waals surface area contributed by atoms with Crippen molar-refractivity contribution in [3.05, 3.63) is 23.9 Å². The van der Waals surface area contributed by atoms with Gasteiger partial charge in [0.25, 0.3) is 5.91 Å². The highest BCUT2D eigenvalue weighted by atomic mass is 32.2. The van der Waals surface area contributed by atoms with Gasteiger partial charge in [-0.3, -0.25) is 4.79 Å². The van der Waals surface area contributed by atoms with Crippen molar-refractivity contribution in [2.45, 2.75) is 12.5 Å². The third-order valence-electron chi connectivity index (χ3n) is 3.02. The number of carbonyl (C=O) groups is 1. The van der Waals surface area contributed by atoms with Gasteiger partial charge in [-0.2, -0.15) is 4.52 Å². The Hall–Kier alpha value is -2.03.